The van der Waals surface area contributed by atoms with E-state index >= 15 is 0 Å². The van der Waals surface area contributed by atoms with Gasteiger partial charge in [0.25, 0.3) is 0 Å². The number of benzene rings is 1. The normalized spacial score (nSPS) is 29.4. The smallest absolute Gasteiger partial charge is 0.201 e. The standard InChI is InChI=1S/C16H21ClO4S/c1-15(12-22(18)14-7-5-13(17)6-8-14)11-19-16(21-20-15)9-3-2-4-10-16/h5-8H,2-4,9-12H2,1H3. The van der Waals surface area contributed by atoms with E-state index in [2.05, 4.69) is 0 Å². The van der Waals surface area contributed by atoms with Crippen molar-refractivity contribution in [1.82, 2.24) is 0 Å². The molecule has 0 radical (unpaired) electrons. The summed E-state index contributed by atoms with van der Waals surface area (Å²) < 4.78 is 18.4. The Kier molecular flexibility index (Phi) is 4.90. The highest BCUT2D eigenvalue weighted by atomic mass is 35.5. The van der Waals surface area contributed by atoms with Crippen molar-refractivity contribution >= 4 is 22.4 Å². The van der Waals surface area contributed by atoms with Crippen LogP contribution in [0.3, 0.4) is 0 Å². The van der Waals surface area contributed by atoms with Crippen molar-refractivity contribution in [3.8, 4) is 0 Å². The van der Waals surface area contributed by atoms with Gasteiger partial charge in [-0.2, -0.15) is 0 Å². The lowest BCUT2D eigenvalue weighted by molar-refractivity contribution is -0.510. The molecule has 1 aromatic carbocycles. The monoisotopic (exact) mass is 344 g/mol. The maximum atomic E-state index is 12.5. The van der Waals surface area contributed by atoms with Gasteiger partial charge in [-0.05, 0) is 44.0 Å². The van der Waals surface area contributed by atoms with Gasteiger partial charge in [-0.25, -0.2) is 9.78 Å². The first kappa shape index (κ1) is 16.4. The summed E-state index contributed by atoms with van der Waals surface area (Å²) in [6, 6.07) is 7.02. The third-order valence-corrected chi connectivity index (χ3v) is 6.09. The van der Waals surface area contributed by atoms with Crippen LogP contribution < -0.4 is 0 Å². The quantitative estimate of drug-likeness (QED) is 0.781. The van der Waals surface area contributed by atoms with Gasteiger partial charge in [0.1, 0.15) is 5.60 Å². The fourth-order valence-electron chi connectivity index (χ4n) is 2.84. The summed E-state index contributed by atoms with van der Waals surface area (Å²) in [6.45, 7) is 2.27. The molecule has 2 fully saturated rings. The Morgan fingerprint density at radius 3 is 2.41 bits per heavy atom. The molecule has 3 rings (SSSR count). The zero-order valence-corrected chi connectivity index (χ0v) is 14.3. The van der Waals surface area contributed by atoms with E-state index in [1.165, 1.54) is 6.42 Å². The Balaban J connectivity index is 1.60. The Hall–Kier alpha value is -0.460. The van der Waals surface area contributed by atoms with Crippen molar-refractivity contribution in [2.45, 2.75) is 55.3 Å². The van der Waals surface area contributed by atoms with Gasteiger partial charge in [-0.3, -0.25) is 4.21 Å². The number of rotatable bonds is 3. The Morgan fingerprint density at radius 2 is 1.82 bits per heavy atom. The first-order valence-electron chi connectivity index (χ1n) is 7.65. The van der Waals surface area contributed by atoms with Crippen molar-refractivity contribution in [2.24, 2.45) is 0 Å². The van der Waals surface area contributed by atoms with Crippen molar-refractivity contribution in [2.75, 3.05) is 12.4 Å². The first-order chi connectivity index (χ1) is 10.5. The summed E-state index contributed by atoms with van der Waals surface area (Å²) in [6.07, 6.45) is 5.13. The molecule has 1 aliphatic heterocycles. The van der Waals surface area contributed by atoms with Gasteiger partial charge < -0.3 is 4.74 Å². The first-order valence-corrected chi connectivity index (χ1v) is 9.35. The Morgan fingerprint density at radius 1 is 1.14 bits per heavy atom. The van der Waals surface area contributed by atoms with Crippen LogP contribution in [0.1, 0.15) is 39.0 Å². The van der Waals surface area contributed by atoms with E-state index in [0.29, 0.717) is 17.4 Å². The fraction of sp³-hybridized carbons (Fsp3) is 0.625. The molecule has 1 aromatic rings. The van der Waals surface area contributed by atoms with Gasteiger partial charge in [0, 0.05) is 22.8 Å². The van der Waals surface area contributed by atoms with Crippen LogP contribution in [-0.2, 0) is 25.3 Å². The van der Waals surface area contributed by atoms with Crippen LogP contribution in [0.2, 0.25) is 5.02 Å². The molecule has 22 heavy (non-hydrogen) atoms. The van der Waals surface area contributed by atoms with Crippen LogP contribution in [0.15, 0.2) is 29.2 Å². The molecule has 122 valence electrons. The predicted octanol–water partition coefficient (Wildman–Crippen LogP) is 3.85. The lowest BCUT2D eigenvalue weighted by Crippen LogP contribution is -2.53. The Bertz CT molecular complexity index is 530. The zero-order valence-electron chi connectivity index (χ0n) is 12.7. The van der Waals surface area contributed by atoms with Crippen LogP contribution in [-0.4, -0.2) is 28.0 Å². The molecule has 2 atom stereocenters. The van der Waals surface area contributed by atoms with Gasteiger partial charge in [-0.1, -0.05) is 18.0 Å². The molecule has 0 bridgehead atoms. The average molecular weight is 345 g/mol. The largest absolute Gasteiger partial charge is 0.344 e. The predicted molar refractivity (Wildman–Crippen MR) is 85.1 cm³/mol. The third-order valence-electron chi connectivity index (χ3n) is 4.16. The second-order valence-corrected chi connectivity index (χ2v) is 8.21. The highest BCUT2D eigenvalue weighted by Gasteiger charge is 2.45. The SMILES string of the molecule is CC1(CS(=O)c2ccc(Cl)cc2)COC2(CCCCC2)OO1. The molecule has 1 saturated heterocycles. The lowest BCUT2D eigenvalue weighted by Gasteiger charge is -2.44. The number of hydrogen-bond acceptors (Lipinski definition) is 4. The molecule has 0 N–H and O–H groups in total. The van der Waals surface area contributed by atoms with Crippen LogP contribution in [0.5, 0.6) is 0 Å². The maximum Gasteiger partial charge on any atom is 0.201 e. The van der Waals surface area contributed by atoms with Gasteiger partial charge in [0.05, 0.1) is 23.2 Å². The van der Waals surface area contributed by atoms with Gasteiger partial charge in [0.2, 0.25) is 5.79 Å². The van der Waals surface area contributed by atoms with E-state index in [0.717, 1.165) is 30.6 Å². The molecule has 1 saturated carbocycles. The number of halogens is 1. The van der Waals surface area contributed by atoms with Crippen LogP contribution in [0, 0.1) is 0 Å². The molecular formula is C16H21ClO4S. The van der Waals surface area contributed by atoms with Gasteiger partial charge in [0.15, 0.2) is 0 Å². The molecule has 6 heteroatoms. The van der Waals surface area contributed by atoms with E-state index in [-0.39, 0.29) is 0 Å². The van der Waals surface area contributed by atoms with E-state index in [4.69, 9.17) is 26.1 Å². The molecule has 1 spiro atoms. The molecule has 2 unspecified atom stereocenters. The number of hydrogen-bond donors (Lipinski definition) is 0. The molecule has 0 aromatic heterocycles. The summed E-state index contributed by atoms with van der Waals surface area (Å²) >= 11 is 5.85. The second kappa shape index (κ2) is 6.57. The second-order valence-electron chi connectivity index (χ2n) is 6.32. The molecule has 0 amide bonds. The maximum absolute atomic E-state index is 12.5. The summed E-state index contributed by atoms with van der Waals surface area (Å²) in [7, 11) is -1.19. The molecule has 1 heterocycles. The minimum atomic E-state index is -1.19. The fourth-order valence-corrected chi connectivity index (χ4v) is 4.26. The highest BCUT2D eigenvalue weighted by Crippen LogP contribution is 2.38. The topological polar surface area (TPSA) is 44.8 Å². The molecule has 1 aliphatic carbocycles. The molecule has 4 nitrogen and oxygen atoms in total. The Labute approximate surface area is 138 Å². The minimum Gasteiger partial charge on any atom is -0.344 e. The van der Waals surface area contributed by atoms with Crippen LogP contribution in [0.4, 0.5) is 0 Å². The summed E-state index contributed by atoms with van der Waals surface area (Å²) in [5.74, 6) is -0.260. The van der Waals surface area contributed by atoms with Crippen molar-refractivity contribution in [1.29, 1.82) is 0 Å². The molecule has 2 aliphatic rings. The lowest BCUT2D eigenvalue weighted by atomic mass is 9.94. The van der Waals surface area contributed by atoms with Gasteiger partial charge in [-0.15, -0.1) is 0 Å². The third kappa shape index (κ3) is 3.71. The number of ether oxygens (including phenoxy) is 1. The summed E-state index contributed by atoms with van der Waals surface area (Å²) in [4.78, 5) is 12.0. The van der Waals surface area contributed by atoms with Crippen LogP contribution >= 0.6 is 11.6 Å². The average Bonchev–Trinajstić information content (AvgIpc) is 2.52. The highest BCUT2D eigenvalue weighted by molar-refractivity contribution is 7.85. The van der Waals surface area contributed by atoms with E-state index in [1.54, 1.807) is 24.3 Å². The van der Waals surface area contributed by atoms with Crippen molar-refractivity contribution < 1.29 is 18.7 Å². The minimum absolute atomic E-state index is 0.324. The molecular weight excluding hydrogens is 324 g/mol. The van der Waals surface area contributed by atoms with E-state index in [1.807, 2.05) is 6.92 Å². The zero-order chi connectivity index (χ0) is 15.6. The summed E-state index contributed by atoms with van der Waals surface area (Å²) in [5.41, 5.74) is -0.701. The van der Waals surface area contributed by atoms with E-state index in [9.17, 15) is 4.21 Å². The summed E-state index contributed by atoms with van der Waals surface area (Å²) in [5, 5.41) is 0.631. The van der Waals surface area contributed by atoms with Crippen molar-refractivity contribution in [3.63, 3.8) is 0 Å². The van der Waals surface area contributed by atoms with Gasteiger partial charge >= 0.3 is 0 Å². The van der Waals surface area contributed by atoms with Crippen molar-refractivity contribution in [3.05, 3.63) is 29.3 Å². The van der Waals surface area contributed by atoms with Crippen LogP contribution in [0.25, 0.3) is 0 Å². The van der Waals surface area contributed by atoms with E-state index < -0.39 is 22.2 Å².